The molecule has 0 bridgehead atoms. The number of pyridine rings is 1. The van der Waals surface area contributed by atoms with Crippen molar-refractivity contribution in [1.82, 2.24) is 4.98 Å². The van der Waals surface area contributed by atoms with E-state index in [1.807, 2.05) is 18.2 Å². The van der Waals surface area contributed by atoms with E-state index >= 15 is 0 Å². The van der Waals surface area contributed by atoms with Crippen LogP contribution in [0.1, 0.15) is 28.8 Å². The quantitative estimate of drug-likeness (QED) is 0.575. The molecule has 1 saturated carbocycles. The molecule has 1 aliphatic heterocycles. The van der Waals surface area contributed by atoms with Gasteiger partial charge in [-0.2, -0.15) is 0 Å². The second-order valence-corrected chi connectivity index (χ2v) is 9.17. The van der Waals surface area contributed by atoms with Crippen LogP contribution in [-0.2, 0) is 4.79 Å². The van der Waals surface area contributed by atoms with E-state index in [1.54, 1.807) is 24.3 Å². The third-order valence-corrected chi connectivity index (χ3v) is 6.59. The average molecular weight is 465 g/mol. The fourth-order valence-corrected chi connectivity index (χ4v) is 4.48. The highest BCUT2D eigenvalue weighted by Crippen LogP contribution is 2.32. The Hall–Kier alpha value is -3.32. The average Bonchev–Trinajstić information content (AvgIpc) is 3.66. The summed E-state index contributed by atoms with van der Waals surface area (Å²) in [5, 5.41) is 14.0. The number of carbonyl (C=O) groups excluding carboxylic acids is 1. The molecule has 2 heterocycles. The van der Waals surface area contributed by atoms with E-state index in [0.29, 0.717) is 27.4 Å². The molecule has 2 aliphatic rings. The molecule has 0 spiro atoms. The number of halogens is 1. The first-order valence-corrected chi connectivity index (χ1v) is 11.5. The second-order valence-electron chi connectivity index (χ2n) is 8.73. The van der Waals surface area contributed by atoms with Crippen LogP contribution in [0.3, 0.4) is 0 Å². The van der Waals surface area contributed by atoms with Gasteiger partial charge >= 0.3 is 5.97 Å². The zero-order valence-corrected chi connectivity index (χ0v) is 19.1. The molecule has 8 heteroatoms. The van der Waals surface area contributed by atoms with E-state index in [2.05, 4.69) is 22.0 Å². The summed E-state index contributed by atoms with van der Waals surface area (Å²) >= 11 is 6.19. The lowest BCUT2D eigenvalue weighted by atomic mass is 10.1. The van der Waals surface area contributed by atoms with Crippen LogP contribution >= 0.6 is 11.6 Å². The van der Waals surface area contributed by atoms with Crippen molar-refractivity contribution in [2.75, 3.05) is 41.3 Å². The number of carboxylic acids is 1. The lowest BCUT2D eigenvalue weighted by molar-refractivity contribution is -0.117. The molecule has 33 heavy (non-hydrogen) atoms. The molecule has 3 aromatic rings. The van der Waals surface area contributed by atoms with Gasteiger partial charge in [0.15, 0.2) is 0 Å². The van der Waals surface area contributed by atoms with Crippen LogP contribution in [-0.4, -0.2) is 48.1 Å². The Morgan fingerprint density at radius 2 is 1.76 bits per heavy atom. The van der Waals surface area contributed by atoms with Gasteiger partial charge in [-0.15, -0.1) is 0 Å². The highest BCUT2D eigenvalue weighted by Gasteiger charge is 2.29. The summed E-state index contributed by atoms with van der Waals surface area (Å²) < 4.78 is 0. The molecule has 0 unspecified atom stereocenters. The molecule has 170 valence electrons. The van der Waals surface area contributed by atoms with Gasteiger partial charge in [0.2, 0.25) is 5.91 Å². The van der Waals surface area contributed by atoms with Gasteiger partial charge in [0, 0.05) is 53.9 Å². The summed E-state index contributed by atoms with van der Waals surface area (Å²) in [6.45, 7) is 5.09. The predicted molar refractivity (Wildman–Crippen MR) is 131 cm³/mol. The van der Waals surface area contributed by atoms with Gasteiger partial charge in [-0.3, -0.25) is 4.79 Å². The van der Waals surface area contributed by atoms with Crippen LogP contribution in [0.15, 0.2) is 42.5 Å². The summed E-state index contributed by atoms with van der Waals surface area (Å²) in [6, 6.07) is 12.8. The standard InChI is InChI=1S/C25H25ClN4O3/c1-15-2-5-17(26)12-22(15)29-8-10-30(11-9-29)23-14-20(25(32)33)19-13-18(6-7-21(19)28-23)27-24(31)16-3-4-16/h2,5-7,12-14,16H,3-4,8-11H2,1H3,(H,27,31)(H,32,33). The number of aromatic nitrogens is 1. The largest absolute Gasteiger partial charge is 0.478 e. The number of hydrogen-bond donors (Lipinski definition) is 2. The first-order chi connectivity index (χ1) is 15.9. The highest BCUT2D eigenvalue weighted by atomic mass is 35.5. The van der Waals surface area contributed by atoms with E-state index in [-0.39, 0.29) is 17.4 Å². The minimum absolute atomic E-state index is 0.0105. The molecule has 0 atom stereocenters. The lowest BCUT2D eigenvalue weighted by Crippen LogP contribution is -2.47. The van der Waals surface area contributed by atoms with Gasteiger partial charge < -0.3 is 20.2 Å². The number of amides is 1. The van der Waals surface area contributed by atoms with Crippen molar-refractivity contribution in [3.8, 4) is 0 Å². The Bertz CT molecular complexity index is 1250. The normalized spacial score (nSPS) is 16.2. The van der Waals surface area contributed by atoms with E-state index in [9.17, 15) is 14.7 Å². The smallest absolute Gasteiger partial charge is 0.336 e. The number of aromatic carboxylic acids is 1. The maximum atomic E-state index is 12.1. The molecular weight excluding hydrogens is 440 g/mol. The number of benzene rings is 2. The van der Waals surface area contributed by atoms with Crippen LogP contribution < -0.4 is 15.1 Å². The Morgan fingerprint density at radius 1 is 1.03 bits per heavy atom. The summed E-state index contributed by atoms with van der Waals surface area (Å²) in [5.41, 5.74) is 3.69. The number of piperazine rings is 1. The molecule has 1 aliphatic carbocycles. The van der Waals surface area contributed by atoms with Crippen LogP contribution in [0.2, 0.25) is 5.02 Å². The molecular formula is C25H25ClN4O3. The number of aryl methyl sites for hydroxylation is 1. The zero-order valence-electron chi connectivity index (χ0n) is 18.3. The van der Waals surface area contributed by atoms with E-state index in [1.165, 1.54) is 5.56 Å². The topological polar surface area (TPSA) is 85.8 Å². The van der Waals surface area contributed by atoms with Crippen molar-refractivity contribution in [3.05, 3.63) is 58.6 Å². The summed E-state index contributed by atoms with van der Waals surface area (Å²) in [7, 11) is 0. The van der Waals surface area contributed by atoms with Crippen LogP contribution in [0.4, 0.5) is 17.2 Å². The van der Waals surface area contributed by atoms with Gasteiger partial charge in [0.1, 0.15) is 5.82 Å². The molecule has 0 radical (unpaired) electrons. The molecule has 2 fully saturated rings. The van der Waals surface area contributed by atoms with E-state index in [0.717, 1.165) is 44.7 Å². The molecule has 1 amide bonds. The van der Waals surface area contributed by atoms with Crippen molar-refractivity contribution in [2.24, 2.45) is 5.92 Å². The zero-order chi connectivity index (χ0) is 23.1. The maximum absolute atomic E-state index is 12.1. The van der Waals surface area contributed by atoms with Gasteiger partial charge in [-0.05, 0) is 61.7 Å². The number of hydrogen-bond acceptors (Lipinski definition) is 5. The van der Waals surface area contributed by atoms with E-state index < -0.39 is 5.97 Å². The minimum Gasteiger partial charge on any atom is -0.478 e. The monoisotopic (exact) mass is 464 g/mol. The molecule has 7 nitrogen and oxygen atoms in total. The lowest BCUT2D eigenvalue weighted by Gasteiger charge is -2.37. The minimum atomic E-state index is -1.01. The SMILES string of the molecule is Cc1ccc(Cl)cc1N1CCN(c2cc(C(=O)O)c3cc(NC(=O)C4CC4)ccc3n2)CC1. The molecule has 2 aromatic carbocycles. The summed E-state index contributed by atoms with van der Waals surface area (Å²) in [4.78, 5) is 33.3. The first-order valence-electron chi connectivity index (χ1n) is 11.1. The predicted octanol–water partition coefficient (Wildman–Crippen LogP) is 4.57. The maximum Gasteiger partial charge on any atom is 0.336 e. The van der Waals surface area contributed by atoms with Gasteiger partial charge in [0.05, 0.1) is 11.1 Å². The van der Waals surface area contributed by atoms with Crippen molar-refractivity contribution < 1.29 is 14.7 Å². The molecule has 1 aromatic heterocycles. The molecule has 2 N–H and O–H groups in total. The molecule has 1 saturated heterocycles. The number of anilines is 3. The third-order valence-electron chi connectivity index (χ3n) is 6.36. The van der Waals surface area contributed by atoms with E-state index in [4.69, 9.17) is 16.6 Å². The van der Waals surface area contributed by atoms with Crippen molar-refractivity contribution in [1.29, 1.82) is 0 Å². The number of fused-ring (bicyclic) bond motifs is 1. The Labute approximate surface area is 197 Å². The van der Waals surface area contributed by atoms with Crippen LogP contribution in [0.5, 0.6) is 0 Å². The van der Waals surface area contributed by atoms with Gasteiger partial charge in [0.25, 0.3) is 0 Å². The first kappa shape index (κ1) is 21.5. The van der Waals surface area contributed by atoms with Crippen molar-refractivity contribution in [3.63, 3.8) is 0 Å². The summed E-state index contributed by atoms with van der Waals surface area (Å²) in [6.07, 6.45) is 1.82. The highest BCUT2D eigenvalue weighted by molar-refractivity contribution is 6.30. The van der Waals surface area contributed by atoms with Crippen molar-refractivity contribution in [2.45, 2.75) is 19.8 Å². The second kappa shape index (κ2) is 8.56. The number of rotatable bonds is 5. The van der Waals surface area contributed by atoms with Crippen molar-refractivity contribution >= 4 is 51.6 Å². The Morgan fingerprint density at radius 3 is 2.45 bits per heavy atom. The van der Waals surface area contributed by atoms with Crippen LogP contribution in [0.25, 0.3) is 10.9 Å². The number of carboxylic acid groups (broad SMARTS) is 1. The fraction of sp³-hybridized carbons (Fsp3) is 0.320. The van der Waals surface area contributed by atoms with Gasteiger partial charge in [-0.25, -0.2) is 9.78 Å². The van der Waals surface area contributed by atoms with Crippen LogP contribution in [0, 0.1) is 12.8 Å². The number of nitrogens with one attached hydrogen (secondary N) is 1. The fourth-order valence-electron chi connectivity index (χ4n) is 4.32. The molecule has 5 rings (SSSR count). The number of nitrogens with zero attached hydrogens (tertiary/aromatic N) is 3. The third kappa shape index (κ3) is 4.46. The van der Waals surface area contributed by atoms with Gasteiger partial charge in [-0.1, -0.05) is 17.7 Å². The summed E-state index contributed by atoms with van der Waals surface area (Å²) in [5.74, 6) is -0.294. The Balaban J connectivity index is 1.38. The Kier molecular flexibility index (Phi) is 5.58. The number of carbonyl (C=O) groups is 2.